The van der Waals surface area contributed by atoms with Gasteiger partial charge in [0.05, 0.1) is 6.54 Å². The van der Waals surface area contributed by atoms with Crippen molar-refractivity contribution < 1.29 is 0 Å². The Labute approximate surface area is 201 Å². The molecule has 1 aliphatic rings. The highest BCUT2D eigenvalue weighted by molar-refractivity contribution is 14.0. The summed E-state index contributed by atoms with van der Waals surface area (Å²) in [5.41, 5.74) is 2.22. The van der Waals surface area contributed by atoms with Crippen LogP contribution >= 0.6 is 35.6 Å². The van der Waals surface area contributed by atoms with Crippen molar-refractivity contribution in [3.05, 3.63) is 53.6 Å². The molecule has 0 bridgehead atoms. The van der Waals surface area contributed by atoms with Gasteiger partial charge in [0, 0.05) is 56.4 Å². The molecule has 1 aliphatic heterocycles. The maximum Gasteiger partial charge on any atom is 0.194 e. The van der Waals surface area contributed by atoms with Crippen LogP contribution < -0.4 is 10.2 Å². The molecule has 0 atom stereocenters. The van der Waals surface area contributed by atoms with E-state index in [1.165, 1.54) is 5.69 Å². The van der Waals surface area contributed by atoms with E-state index in [4.69, 9.17) is 16.6 Å². The van der Waals surface area contributed by atoms with E-state index in [1.54, 1.807) is 6.33 Å². The number of guanidine groups is 1. The normalized spacial score (nSPS) is 14.4. The number of halogens is 2. The molecule has 7 nitrogen and oxygen atoms in total. The van der Waals surface area contributed by atoms with Gasteiger partial charge in [0.1, 0.15) is 12.2 Å². The maximum absolute atomic E-state index is 6.15. The Hall–Kier alpha value is -1.81. The van der Waals surface area contributed by atoms with E-state index in [1.807, 2.05) is 25.1 Å². The number of piperazine rings is 1. The highest BCUT2D eigenvalue weighted by Crippen LogP contribution is 2.20. The zero-order valence-corrected chi connectivity index (χ0v) is 20.8. The molecule has 1 N–H and O–H groups in total. The van der Waals surface area contributed by atoms with Crippen molar-refractivity contribution in [1.29, 1.82) is 0 Å². The first-order valence-corrected chi connectivity index (χ1v) is 10.5. The van der Waals surface area contributed by atoms with Crippen LogP contribution in [0.25, 0.3) is 0 Å². The van der Waals surface area contributed by atoms with E-state index in [-0.39, 0.29) is 24.0 Å². The summed E-state index contributed by atoms with van der Waals surface area (Å²) in [6.45, 7) is 14.0. The zero-order chi connectivity index (χ0) is 20.6. The molecule has 0 amide bonds. The lowest BCUT2D eigenvalue weighted by molar-refractivity contribution is 0.371. The van der Waals surface area contributed by atoms with Crippen LogP contribution in [0.1, 0.15) is 19.7 Å². The fourth-order valence-electron chi connectivity index (χ4n) is 3.35. The smallest absolute Gasteiger partial charge is 0.194 e. The minimum atomic E-state index is 0. The van der Waals surface area contributed by atoms with Gasteiger partial charge >= 0.3 is 0 Å². The van der Waals surface area contributed by atoms with Crippen LogP contribution in [0.3, 0.4) is 0 Å². The minimum Gasteiger partial charge on any atom is -0.368 e. The highest BCUT2D eigenvalue weighted by atomic mass is 127. The van der Waals surface area contributed by atoms with E-state index < -0.39 is 0 Å². The molecule has 2 aromatic rings. The fourth-order valence-corrected chi connectivity index (χ4v) is 3.54. The molecule has 1 fully saturated rings. The molecule has 1 aromatic heterocycles. The Kier molecular flexibility index (Phi) is 9.90. The Morgan fingerprint density at radius 1 is 1.27 bits per heavy atom. The third-order valence-electron chi connectivity index (χ3n) is 4.90. The van der Waals surface area contributed by atoms with Crippen molar-refractivity contribution in [1.82, 2.24) is 25.0 Å². The molecule has 0 radical (unpaired) electrons. The molecule has 1 aromatic carbocycles. The molecule has 1 saturated heterocycles. The number of benzene rings is 1. The van der Waals surface area contributed by atoms with Crippen LogP contribution in [0.15, 0.2) is 47.7 Å². The molecule has 9 heteroatoms. The van der Waals surface area contributed by atoms with Gasteiger partial charge in [-0.1, -0.05) is 36.7 Å². The van der Waals surface area contributed by atoms with Gasteiger partial charge in [-0.05, 0) is 25.1 Å². The van der Waals surface area contributed by atoms with Gasteiger partial charge in [-0.15, -0.1) is 34.2 Å². The van der Waals surface area contributed by atoms with Gasteiger partial charge in [-0.3, -0.25) is 0 Å². The van der Waals surface area contributed by atoms with Gasteiger partial charge in [0.25, 0.3) is 0 Å². The van der Waals surface area contributed by atoms with Crippen molar-refractivity contribution in [3.63, 3.8) is 0 Å². The number of nitrogens with zero attached hydrogens (tertiary/aromatic N) is 6. The maximum atomic E-state index is 6.15. The number of aromatic nitrogens is 3. The number of anilines is 1. The monoisotopic (exact) mass is 543 g/mol. The van der Waals surface area contributed by atoms with Crippen molar-refractivity contribution in [2.24, 2.45) is 4.99 Å². The third kappa shape index (κ3) is 6.87. The summed E-state index contributed by atoms with van der Waals surface area (Å²) in [7, 11) is 0. The number of nitrogens with one attached hydrogen (secondary N) is 1. The highest BCUT2D eigenvalue weighted by Gasteiger charge is 2.20. The summed E-state index contributed by atoms with van der Waals surface area (Å²) in [4.78, 5) is 9.45. The summed E-state index contributed by atoms with van der Waals surface area (Å²) in [5.74, 6) is 1.94. The lowest BCUT2D eigenvalue weighted by Crippen LogP contribution is -2.53. The molecule has 0 saturated carbocycles. The molecule has 0 unspecified atom stereocenters. The molecule has 3 rings (SSSR count). The Bertz CT molecular complexity index is 843. The number of hydrogen-bond donors (Lipinski definition) is 1. The third-order valence-corrected chi connectivity index (χ3v) is 5.13. The number of aryl methyl sites for hydroxylation is 1. The van der Waals surface area contributed by atoms with Crippen LogP contribution in [0.2, 0.25) is 5.02 Å². The largest absolute Gasteiger partial charge is 0.368 e. The van der Waals surface area contributed by atoms with Crippen molar-refractivity contribution in [3.8, 4) is 0 Å². The van der Waals surface area contributed by atoms with Crippen molar-refractivity contribution in [2.45, 2.75) is 26.8 Å². The van der Waals surface area contributed by atoms with Gasteiger partial charge in [0.2, 0.25) is 0 Å². The molecular formula is C21H31ClIN7. The summed E-state index contributed by atoms with van der Waals surface area (Å²) in [6.07, 6.45) is 2.66. The van der Waals surface area contributed by atoms with Crippen molar-refractivity contribution in [2.75, 3.05) is 44.2 Å². The molecule has 0 spiro atoms. The van der Waals surface area contributed by atoms with Gasteiger partial charge in [-0.25, -0.2) is 4.99 Å². The average molecular weight is 544 g/mol. The molecule has 2 heterocycles. The SMILES string of the molecule is C=C(C)CN=C(NCCn1cnnc1CC)N1CCN(c2cccc(Cl)c2)CC1.I. The second-order valence-electron chi connectivity index (χ2n) is 7.27. The molecular weight excluding hydrogens is 513 g/mol. The number of rotatable bonds is 7. The molecule has 0 aliphatic carbocycles. The van der Waals surface area contributed by atoms with E-state index in [9.17, 15) is 0 Å². The Morgan fingerprint density at radius 3 is 2.70 bits per heavy atom. The van der Waals surface area contributed by atoms with Crippen LogP contribution in [-0.4, -0.2) is 64.9 Å². The first-order chi connectivity index (χ1) is 14.1. The standard InChI is InChI=1S/C21H30ClN7.HI/c1-4-20-26-25-16-29(20)9-8-23-21(24-15-17(2)3)28-12-10-27(11-13-28)19-7-5-6-18(22)14-19;/h5-7,14,16H,2,4,8-13,15H2,1,3H3,(H,23,24);1H. The van der Waals surface area contributed by atoms with Gasteiger partial charge < -0.3 is 19.7 Å². The lowest BCUT2D eigenvalue weighted by Gasteiger charge is -2.38. The predicted molar refractivity (Wildman–Crippen MR) is 135 cm³/mol. The summed E-state index contributed by atoms with van der Waals surface area (Å²) in [6, 6.07) is 8.05. The van der Waals surface area contributed by atoms with Crippen molar-refractivity contribution >= 4 is 47.2 Å². The minimum absolute atomic E-state index is 0. The lowest BCUT2D eigenvalue weighted by atomic mass is 10.2. The summed E-state index contributed by atoms with van der Waals surface area (Å²) in [5, 5.41) is 12.4. The van der Waals surface area contributed by atoms with Crippen LogP contribution in [0.4, 0.5) is 5.69 Å². The zero-order valence-electron chi connectivity index (χ0n) is 17.7. The van der Waals surface area contributed by atoms with Crippen LogP contribution in [0.5, 0.6) is 0 Å². The average Bonchev–Trinajstić information content (AvgIpc) is 3.18. The Morgan fingerprint density at radius 2 is 2.03 bits per heavy atom. The molecule has 164 valence electrons. The second kappa shape index (κ2) is 12.1. The Balaban J connectivity index is 0.00000320. The summed E-state index contributed by atoms with van der Waals surface area (Å²) < 4.78 is 2.08. The van der Waals surface area contributed by atoms with E-state index in [0.29, 0.717) is 6.54 Å². The number of aliphatic imine (C=N–C) groups is 1. The second-order valence-corrected chi connectivity index (χ2v) is 7.71. The van der Waals surface area contributed by atoms with E-state index in [0.717, 1.165) is 68.1 Å². The summed E-state index contributed by atoms with van der Waals surface area (Å²) >= 11 is 6.15. The first kappa shape index (κ1) is 24.5. The van der Waals surface area contributed by atoms with E-state index >= 15 is 0 Å². The number of hydrogen-bond acceptors (Lipinski definition) is 4. The van der Waals surface area contributed by atoms with E-state index in [2.05, 4.69) is 49.5 Å². The topological polar surface area (TPSA) is 61.6 Å². The quantitative estimate of drug-likeness (QED) is 0.251. The van der Waals surface area contributed by atoms with Crippen LogP contribution in [0, 0.1) is 0 Å². The molecule has 30 heavy (non-hydrogen) atoms. The fraction of sp³-hybridized carbons (Fsp3) is 0.476. The first-order valence-electron chi connectivity index (χ1n) is 10.1. The van der Waals surface area contributed by atoms with Gasteiger partial charge in [-0.2, -0.15) is 0 Å². The van der Waals surface area contributed by atoms with Crippen LogP contribution in [-0.2, 0) is 13.0 Å². The van der Waals surface area contributed by atoms with Gasteiger partial charge in [0.15, 0.2) is 5.96 Å². The predicted octanol–water partition coefficient (Wildman–Crippen LogP) is 3.46.